The molecular weight excluding hydrogens is 855 g/mol. The smallest absolute Gasteiger partial charge is 0.316 e. The third-order valence-electron chi connectivity index (χ3n) is 14.9. The Balaban J connectivity index is 1.15. The van der Waals surface area contributed by atoms with Crippen LogP contribution < -0.4 is 0 Å². The van der Waals surface area contributed by atoms with Crippen molar-refractivity contribution < 1.29 is 72.3 Å². The van der Waals surface area contributed by atoms with Crippen LogP contribution in [-0.2, 0) is 56.9 Å². The van der Waals surface area contributed by atoms with Crippen LogP contribution in [0.3, 0.4) is 0 Å². The number of nitrogens with zero attached hydrogens (tertiary/aromatic N) is 1. The number of methoxy groups -OCH3 is 2. The molecule has 16 nitrogen and oxygen atoms in total. The Kier molecular flexibility index (Phi) is 16.9. The first-order valence-electron chi connectivity index (χ1n) is 24.0. The molecule has 7 aliphatic rings. The molecule has 1 aliphatic carbocycles. The van der Waals surface area contributed by atoms with E-state index in [4.69, 9.17) is 57.3 Å². The largest absolute Gasteiger partial charge is 0.462 e. The highest BCUT2D eigenvalue weighted by atomic mass is 16.7. The number of allylic oxidation sites excluding steroid dienone is 2. The molecule has 1 spiro atoms. The van der Waals surface area contributed by atoms with Gasteiger partial charge in [-0.1, -0.05) is 75.7 Å². The van der Waals surface area contributed by atoms with Gasteiger partial charge in [-0.05, 0) is 62.8 Å². The summed E-state index contributed by atoms with van der Waals surface area (Å²) in [7, 11) is 3.27. The van der Waals surface area contributed by atoms with Gasteiger partial charge >= 0.3 is 5.97 Å². The zero-order chi connectivity index (χ0) is 47.5. The highest BCUT2D eigenvalue weighted by Crippen LogP contribution is 2.47. The minimum Gasteiger partial charge on any atom is -0.462 e. The van der Waals surface area contributed by atoms with Crippen molar-refractivity contribution in [3.8, 4) is 0 Å². The van der Waals surface area contributed by atoms with Gasteiger partial charge in [-0.15, -0.1) is 0 Å². The number of hydrogen-bond donors (Lipinski definition) is 3. The lowest BCUT2D eigenvalue weighted by Crippen LogP contribution is -2.58. The number of rotatable bonds is 11. The fraction of sp³-hybridized carbons (Fsp3) is 0.760. The van der Waals surface area contributed by atoms with E-state index in [0.717, 1.165) is 12.0 Å². The molecule has 0 aromatic heterocycles. The van der Waals surface area contributed by atoms with Crippen LogP contribution in [0, 0.1) is 23.7 Å². The lowest BCUT2D eigenvalue weighted by Gasteiger charge is -2.48. The second-order valence-electron chi connectivity index (χ2n) is 19.6. The molecule has 0 saturated carbocycles. The van der Waals surface area contributed by atoms with Crippen molar-refractivity contribution in [2.75, 3.05) is 27.4 Å². The minimum absolute atomic E-state index is 0.0255. The van der Waals surface area contributed by atoms with Gasteiger partial charge in [-0.3, -0.25) is 4.79 Å². The molecule has 16 heteroatoms. The number of esters is 1. The first-order valence-corrected chi connectivity index (χ1v) is 24.0. The van der Waals surface area contributed by atoms with Gasteiger partial charge in [-0.25, -0.2) is 0 Å². The van der Waals surface area contributed by atoms with Gasteiger partial charge in [0, 0.05) is 51.7 Å². The predicted molar refractivity (Wildman–Crippen MR) is 241 cm³/mol. The van der Waals surface area contributed by atoms with Crippen molar-refractivity contribution in [2.45, 2.75) is 191 Å². The van der Waals surface area contributed by atoms with Crippen molar-refractivity contribution in [1.29, 1.82) is 0 Å². The first kappa shape index (κ1) is 51.0. The molecule has 7 rings (SSSR count). The number of aliphatic hydroxyl groups excluding tert-OH is 1. The van der Waals surface area contributed by atoms with E-state index in [1.807, 2.05) is 39.0 Å². The third-order valence-corrected chi connectivity index (χ3v) is 14.9. The van der Waals surface area contributed by atoms with Gasteiger partial charge in [0.15, 0.2) is 18.4 Å². The Morgan fingerprint density at radius 1 is 0.924 bits per heavy atom. The molecule has 0 radical (unpaired) electrons. The summed E-state index contributed by atoms with van der Waals surface area (Å²) in [6, 6.07) is 0. The molecular formula is C50H75NO15. The summed E-state index contributed by atoms with van der Waals surface area (Å²) in [4.78, 5) is 14.4. The molecule has 0 amide bonds. The Hall–Kier alpha value is -2.84. The van der Waals surface area contributed by atoms with Gasteiger partial charge in [0.1, 0.15) is 42.0 Å². The standard InChI is InChI=1S/C50H75NO15/c1-11-27(2)44-30(5)17-18-49(66-44)25-36-22-35(65-49)16-15-29(4)43(28(3)13-12-14-34-26-59-47-42(52)31(6)21-37(48(53)62-36)50(34,47)54)63-40-24-39(57-10)46(33(8)61-40)64-41-23-38(56-9)45(32(7)60-41)58-20-19-51-55/h12-15,17-19,21,27-28,30,32-33,35-47,52,54-55H,11,16,20,22-26H2,1-10H3/b13-12+,29-15+,34-14+,51-19+/t27?,28-,30-,32-,33-,35+,36-,37?,38-,39-,40-,41-,42+,43?,44+,45-,46?,47+,49+,50?/m0/s1. The van der Waals surface area contributed by atoms with Crippen molar-refractivity contribution in [1.82, 2.24) is 0 Å². The van der Waals surface area contributed by atoms with Crippen molar-refractivity contribution in [2.24, 2.45) is 28.8 Å². The van der Waals surface area contributed by atoms with Crippen LogP contribution in [0.4, 0.5) is 0 Å². The van der Waals surface area contributed by atoms with Gasteiger partial charge < -0.3 is 67.5 Å². The van der Waals surface area contributed by atoms with E-state index < -0.39 is 84.7 Å². The van der Waals surface area contributed by atoms with Crippen LogP contribution in [0.15, 0.2) is 64.4 Å². The van der Waals surface area contributed by atoms with Crippen LogP contribution in [0.1, 0.15) is 93.9 Å². The molecule has 2 bridgehead atoms. The number of oxime groups is 1. The van der Waals surface area contributed by atoms with E-state index in [2.05, 4.69) is 45.0 Å². The third kappa shape index (κ3) is 10.8. The molecule has 5 unspecified atom stereocenters. The number of hydrogen-bond acceptors (Lipinski definition) is 16. The van der Waals surface area contributed by atoms with E-state index in [1.165, 1.54) is 6.21 Å². The van der Waals surface area contributed by atoms with Gasteiger partial charge in [0.2, 0.25) is 0 Å². The van der Waals surface area contributed by atoms with Crippen molar-refractivity contribution >= 4 is 12.2 Å². The Bertz CT molecular complexity index is 1850. The topological polar surface area (TPSA) is 192 Å². The molecule has 370 valence electrons. The molecule has 6 heterocycles. The normalized spacial score (nSPS) is 47.0. The molecule has 4 fully saturated rings. The highest BCUT2D eigenvalue weighted by Gasteiger charge is 2.60. The van der Waals surface area contributed by atoms with Gasteiger partial charge in [0.05, 0.1) is 62.2 Å². The Labute approximate surface area is 390 Å². The molecule has 4 saturated heterocycles. The molecule has 3 N–H and O–H groups in total. The molecule has 6 aliphatic heterocycles. The lowest BCUT2D eigenvalue weighted by atomic mass is 9.71. The summed E-state index contributed by atoms with van der Waals surface area (Å²) in [5.41, 5.74) is 0.110. The lowest BCUT2D eigenvalue weighted by molar-refractivity contribution is -0.320. The fourth-order valence-electron chi connectivity index (χ4n) is 11.0. The maximum Gasteiger partial charge on any atom is 0.316 e. The summed E-state index contributed by atoms with van der Waals surface area (Å²) in [6.07, 6.45) is 10.3. The summed E-state index contributed by atoms with van der Waals surface area (Å²) in [5, 5.41) is 35.6. The highest BCUT2D eigenvalue weighted by molar-refractivity contribution is 5.78. The Morgan fingerprint density at radius 2 is 1.62 bits per heavy atom. The summed E-state index contributed by atoms with van der Waals surface area (Å²) in [5.74, 6) is -2.61. The van der Waals surface area contributed by atoms with E-state index in [9.17, 15) is 15.0 Å². The fourth-order valence-corrected chi connectivity index (χ4v) is 11.0. The van der Waals surface area contributed by atoms with Crippen LogP contribution in [0.2, 0.25) is 0 Å². The second kappa shape index (κ2) is 21.8. The number of fused-ring (bicyclic) bond motifs is 2. The molecule has 20 atom stereocenters. The molecule has 0 aromatic carbocycles. The SMILES string of the molecule is CCC(C)[C@H]1O[C@]2(C=C[C@@H]1C)C[C@@H]1C[C@@H](C/C=C(\C)C(O[C@H]3C[C@H](OC)C(O[C@H]4C[C@H](OC)[C@@H](OC/C=N/O)[C@H](C)O4)[C@H](C)O3)[C@@H](C)/C=C/C=C3\CO[C@@H]4[C@H](O)C(C)=CC(C(=O)O1)C34O)O2. The number of carbonyl (C=O) groups excluding carboxylic acids is 1. The second-order valence-corrected chi connectivity index (χ2v) is 19.6. The predicted octanol–water partition coefficient (Wildman–Crippen LogP) is 5.86. The van der Waals surface area contributed by atoms with Crippen molar-refractivity contribution in [3.63, 3.8) is 0 Å². The average Bonchev–Trinajstić information content (AvgIpc) is 3.63. The van der Waals surface area contributed by atoms with Crippen LogP contribution in [0.5, 0.6) is 0 Å². The maximum atomic E-state index is 14.4. The van der Waals surface area contributed by atoms with E-state index in [0.29, 0.717) is 36.8 Å². The number of ether oxygens (including phenoxy) is 11. The van der Waals surface area contributed by atoms with Crippen molar-refractivity contribution in [3.05, 3.63) is 59.3 Å². The number of carbonyl (C=O) groups is 1. The average molecular weight is 930 g/mol. The van der Waals surface area contributed by atoms with Gasteiger partial charge in [-0.2, -0.15) is 0 Å². The van der Waals surface area contributed by atoms with E-state index in [-0.39, 0.29) is 61.8 Å². The first-order chi connectivity index (χ1) is 31.5. The maximum absolute atomic E-state index is 14.4. The summed E-state index contributed by atoms with van der Waals surface area (Å²) >= 11 is 0. The zero-order valence-electron chi connectivity index (χ0n) is 40.4. The van der Waals surface area contributed by atoms with Crippen LogP contribution in [-0.4, -0.2) is 152 Å². The molecule has 66 heavy (non-hydrogen) atoms. The quantitative estimate of drug-likeness (QED) is 0.0734. The van der Waals surface area contributed by atoms with E-state index in [1.54, 1.807) is 33.3 Å². The zero-order valence-corrected chi connectivity index (χ0v) is 40.4. The van der Waals surface area contributed by atoms with E-state index >= 15 is 0 Å². The van der Waals surface area contributed by atoms with Gasteiger partial charge in [0.25, 0.3) is 0 Å². The number of aliphatic hydroxyl groups is 2. The summed E-state index contributed by atoms with van der Waals surface area (Å²) in [6.45, 7) is 16.3. The summed E-state index contributed by atoms with van der Waals surface area (Å²) < 4.78 is 70.3. The monoisotopic (exact) mass is 930 g/mol. The van der Waals surface area contributed by atoms with Crippen LogP contribution in [0.25, 0.3) is 0 Å². The Morgan fingerprint density at radius 3 is 2.32 bits per heavy atom. The van der Waals surface area contributed by atoms with Crippen LogP contribution >= 0.6 is 0 Å². The molecule has 0 aromatic rings. The minimum atomic E-state index is -1.84.